The van der Waals surface area contributed by atoms with Gasteiger partial charge >= 0.3 is 5.97 Å². The van der Waals surface area contributed by atoms with Gasteiger partial charge in [0.15, 0.2) is 0 Å². The lowest BCUT2D eigenvalue weighted by Crippen LogP contribution is -2.30. The molecule has 0 unspecified atom stereocenters. The Hall–Kier alpha value is -3.42. The number of aryl methyl sites for hydroxylation is 1. The van der Waals surface area contributed by atoms with E-state index in [0.717, 1.165) is 32.4 Å². The summed E-state index contributed by atoms with van der Waals surface area (Å²) in [7, 11) is 0. The number of piperidine rings is 1. The molecule has 0 bridgehead atoms. The number of benzene rings is 2. The van der Waals surface area contributed by atoms with Crippen molar-refractivity contribution in [2.75, 3.05) is 23.3 Å². The molecule has 1 heterocycles. The number of nitrogens with one attached hydrogen (secondary N) is 1. The molecule has 0 spiro atoms. The Morgan fingerprint density at radius 1 is 1.07 bits per heavy atom. The van der Waals surface area contributed by atoms with Crippen molar-refractivity contribution in [3.8, 4) is 0 Å². The van der Waals surface area contributed by atoms with E-state index in [2.05, 4.69) is 5.32 Å². The van der Waals surface area contributed by atoms with Crippen LogP contribution in [0.15, 0.2) is 36.4 Å². The fraction of sp³-hybridized carbons (Fsp3) is 0.300. The minimum absolute atomic E-state index is 0.0903. The molecular formula is C20H21N3O5. The number of nitro groups is 1. The molecule has 2 N–H and O–H groups in total. The number of carbonyl (C=O) groups excluding carboxylic acids is 1. The molecule has 1 amide bonds. The normalized spacial score (nSPS) is 13.8. The maximum absolute atomic E-state index is 12.6. The summed E-state index contributed by atoms with van der Waals surface area (Å²) in [4.78, 5) is 36.7. The first-order chi connectivity index (χ1) is 13.4. The number of rotatable bonds is 5. The van der Waals surface area contributed by atoms with Crippen LogP contribution in [0.25, 0.3) is 0 Å². The maximum Gasteiger partial charge on any atom is 0.335 e. The van der Waals surface area contributed by atoms with Crippen molar-refractivity contribution in [3.05, 3.63) is 63.2 Å². The predicted octanol–water partition coefficient (Wildman–Crippen LogP) is 3.84. The third-order valence-corrected chi connectivity index (χ3v) is 4.85. The molecule has 8 nitrogen and oxygen atoms in total. The summed E-state index contributed by atoms with van der Waals surface area (Å²) in [6, 6.07) is 8.85. The number of aromatic carboxylic acids is 1. The van der Waals surface area contributed by atoms with E-state index >= 15 is 0 Å². The van der Waals surface area contributed by atoms with Crippen LogP contribution in [-0.4, -0.2) is 35.0 Å². The Bertz CT molecular complexity index is 935. The predicted molar refractivity (Wildman–Crippen MR) is 105 cm³/mol. The van der Waals surface area contributed by atoms with Crippen LogP contribution in [0.3, 0.4) is 0 Å². The highest BCUT2D eigenvalue weighted by Gasteiger charge is 2.23. The minimum atomic E-state index is -1.05. The van der Waals surface area contributed by atoms with Crippen molar-refractivity contribution >= 4 is 28.9 Å². The Morgan fingerprint density at radius 2 is 1.75 bits per heavy atom. The average Bonchev–Trinajstić information content (AvgIpc) is 2.69. The summed E-state index contributed by atoms with van der Waals surface area (Å²) >= 11 is 0. The van der Waals surface area contributed by atoms with Gasteiger partial charge in [-0.15, -0.1) is 0 Å². The summed E-state index contributed by atoms with van der Waals surface area (Å²) in [5, 5.41) is 23.3. The number of anilines is 2. The van der Waals surface area contributed by atoms with Crippen LogP contribution in [0.2, 0.25) is 0 Å². The molecule has 146 valence electrons. The van der Waals surface area contributed by atoms with Gasteiger partial charge in [-0.1, -0.05) is 0 Å². The fourth-order valence-corrected chi connectivity index (χ4v) is 3.34. The molecule has 1 saturated heterocycles. The van der Waals surface area contributed by atoms with Crippen LogP contribution >= 0.6 is 0 Å². The minimum Gasteiger partial charge on any atom is -0.478 e. The largest absolute Gasteiger partial charge is 0.478 e. The molecule has 1 aliphatic heterocycles. The first-order valence-corrected chi connectivity index (χ1v) is 9.05. The highest BCUT2D eigenvalue weighted by Crippen LogP contribution is 2.31. The van der Waals surface area contributed by atoms with Crippen molar-refractivity contribution in [3.63, 3.8) is 0 Å². The van der Waals surface area contributed by atoms with Crippen molar-refractivity contribution in [1.82, 2.24) is 0 Å². The van der Waals surface area contributed by atoms with E-state index in [4.69, 9.17) is 5.11 Å². The van der Waals surface area contributed by atoms with Gasteiger partial charge in [-0.3, -0.25) is 14.9 Å². The SMILES string of the molecule is Cc1cc(C(=O)O)ccc1NC(=O)c1ccc(N2CCCCC2)c([N+](=O)[O-])c1. The van der Waals surface area contributed by atoms with Crippen LogP contribution in [0.4, 0.5) is 17.1 Å². The van der Waals surface area contributed by atoms with E-state index in [0.29, 0.717) is 16.9 Å². The van der Waals surface area contributed by atoms with Gasteiger partial charge in [0.2, 0.25) is 0 Å². The molecule has 0 radical (unpaired) electrons. The zero-order chi connectivity index (χ0) is 20.3. The Balaban J connectivity index is 1.85. The van der Waals surface area contributed by atoms with Crippen LogP contribution in [0, 0.1) is 17.0 Å². The van der Waals surface area contributed by atoms with Crippen molar-refractivity contribution in [2.24, 2.45) is 0 Å². The van der Waals surface area contributed by atoms with Gasteiger partial charge in [0, 0.05) is 30.4 Å². The Labute approximate surface area is 161 Å². The fourth-order valence-electron chi connectivity index (χ4n) is 3.34. The number of hydrogen-bond acceptors (Lipinski definition) is 5. The van der Waals surface area contributed by atoms with Crippen molar-refractivity contribution < 1.29 is 19.6 Å². The van der Waals surface area contributed by atoms with Gasteiger partial charge in [0.25, 0.3) is 11.6 Å². The molecule has 0 aromatic heterocycles. The topological polar surface area (TPSA) is 113 Å². The third kappa shape index (κ3) is 4.11. The molecule has 3 rings (SSSR count). The number of amides is 1. The van der Waals surface area contributed by atoms with Crippen molar-refractivity contribution in [2.45, 2.75) is 26.2 Å². The number of carbonyl (C=O) groups is 2. The maximum atomic E-state index is 12.6. The van der Waals surface area contributed by atoms with E-state index in [-0.39, 0.29) is 16.8 Å². The summed E-state index contributed by atoms with van der Waals surface area (Å²) in [6.07, 6.45) is 3.10. The summed E-state index contributed by atoms with van der Waals surface area (Å²) in [5.74, 6) is -1.54. The molecule has 8 heteroatoms. The summed E-state index contributed by atoms with van der Waals surface area (Å²) in [5.41, 5.74) is 1.78. The van der Waals surface area contributed by atoms with E-state index in [1.54, 1.807) is 19.1 Å². The third-order valence-electron chi connectivity index (χ3n) is 4.85. The van der Waals surface area contributed by atoms with Crippen molar-refractivity contribution in [1.29, 1.82) is 0 Å². The van der Waals surface area contributed by atoms with Gasteiger partial charge in [0.1, 0.15) is 5.69 Å². The molecule has 1 aliphatic rings. The summed E-state index contributed by atoms with van der Waals surface area (Å²) in [6.45, 7) is 3.22. The molecule has 0 aliphatic carbocycles. The van der Waals surface area contributed by atoms with E-state index in [9.17, 15) is 19.7 Å². The Kier molecular flexibility index (Phi) is 5.58. The second-order valence-electron chi connectivity index (χ2n) is 6.80. The molecular weight excluding hydrogens is 362 g/mol. The monoisotopic (exact) mass is 383 g/mol. The van der Waals surface area contributed by atoms with Crippen LogP contribution in [-0.2, 0) is 0 Å². The van der Waals surface area contributed by atoms with Crippen LogP contribution in [0.1, 0.15) is 45.5 Å². The number of carboxylic acid groups (broad SMARTS) is 1. The Morgan fingerprint density at radius 3 is 2.36 bits per heavy atom. The first kappa shape index (κ1) is 19.3. The lowest BCUT2D eigenvalue weighted by atomic mass is 10.1. The highest BCUT2D eigenvalue weighted by molar-refractivity contribution is 6.05. The van der Waals surface area contributed by atoms with Gasteiger partial charge in [-0.2, -0.15) is 0 Å². The highest BCUT2D eigenvalue weighted by atomic mass is 16.6. The second-order valence-corrected chi connectivity index (χ2v) is 6.80. The van der Waals surface area contributed by atoms with Gasteiger partial charge in [-0.25, -0.2) is 4.79 Å². The smallest absolute Gasteiger partial charge is 0.335 e. The molecule has 2 aromatic carbocycles. The molecule has 2 aromatic rings. The quantitative estimate of drug-likeness (QED) is 0.599. The van der Waals surface area contributed by atoms with E-state index in [1.165, 1.54) is 24.3 Å². The first-order valence-electron chi connectivity index (χ1n) is 9.05. The molecule has 0 saturated carbocycles. The van der Waals surface area contributed by atoms with Crippen LogP contribution in [0.5, 0.6) is 0 Å². The number of hydrogen-bond donors (Lipinski definition) is 2. The molecule has 1 fully saturated rings. The lowest BCUT2D eigenvalue weighted by molar-refractivity contribution is -0.384. The zero-order valence-corrected chi connectivity index (χ0v) is 15.5. The standard InChI is InChI=1S/C20H21N3O5/c1-13-11-15(20(25)26)5-7-16(13)21-19(24)14-6-8-17(18(12-14)23(27)28)22-9-3-2-4-10-22/h5-8,11-12H,2-4,9-10H2,1H3,(H,21,24)(H,25,26). The number of nitro benzene ring substituents is 1. The van der Waals surface area contributed by atoms with Gasteiger partial charge in [-0.05, 0) is 62.1 Å². The second kappa shape index (κ2) is 8.08. The van der Waals surface area contributed by atoms with Gasteiger partial charge < -0.3 is 15.3 Å². The average molecular weight is 383 g/mol. The zero-order valence-electron chi connectivity index (χ0n) is 15.5. The lowest BCUT2D eigenvalue weighted by Gasteiger charge is -2.28. The van der Waals surface area contributed by atoms with Gasteiger partial charge in [0.05, 0.1) is 10.5 Å². The van der Waals surface area contributed by atoms with Crippen LogP contribution < -0.4 is 10.2 Å². The number of carboxylic acids is 1. The molecule has 0 atom stereocenters. The summed E-state index contributed by atoms with van der Waals surface area (Å²) < 4.78 is 0. The van der Waals surface area contributed by atoms with E-state index < -0.39 is 16.8 Å². The number of nitrogens with zero attached hydrogens (tertiary/aromatic N) is 2. The van der Waals surface area contributed by atoms with E-state index in [1.807, 2.05) is 4.90 Å². The molecule has 28 heavy (non-hydrogen) atoms.